The van der Waals surface area contributed by atoms with Crippen LogP contribution in [0.15, 0.2) is 90.3 Å². The van der Waals surface area contributed by atoms with Crippen LogP contribution < -0.4 is 9.62 Å². The van der Waals surface area contributed by atoms with Gasteiger partial charge in [-0.1, -0.05) is 54.1 Å². The molecule has 0 radical (unpaired) electrons. The van der Waals surface area contributed by atoms with E-state index >= 15 is 0 Å². The number of carbonyl (C=O) groups is 1. The minimum absolute atomic E-state index is 0.00419. The van der Waals surface area contributed by atoms with Crippen LogP contribution in [0.25, 0.3) is 0 Å². The largest absolute Gasteiger partial charge is 0.348 e. The summed E-state index contributed by atoms with van der Waals surface area (Å²) in [4.78, 5) is 12.5. The van der Waals surface area contributed by atoms with E-state index in [1.165, 1.54) is 36.4 Å². The molecule has 0 bridgehead atoms. The Bertz CT molecular complexity index is 1210. The van der Waals surface area contributed by atoms with Crippen LogP contribution in [0.1, 0.15) is 15.9 Å². The van der Waals surface area contributed by atoms with E-state index in [9.17, 15) is 17.6 Å². The Labute approximate surface area is 185 Å². The van der Waals surface area contributed by atoms with Crippen LogP contribution >= 0.6 is 11.6 Å². The average molecular weight is 459 g/mol. The van der Waals surface area contributed by atoms with E-state index < -0.39 is 21.7 Å². The van der Waals surface area contributed by atoms with Gasteiger partial charge in [0, 0.05) is 17.7 Å². The number of para-hydroxylation sites is 1. The molecule has 3 rings (SSSR count). The zero-order valence-electron chi connectivity index (χ0n) is 16.5. The fraction of sp³-hybridized carbons (Fsp3) is 0.0870. The number of sulfonamides is 1. The van der Waals surface area contributed by atoms with E-state index in [2.05, 4.69) is 11.9 Å². The van der Waals surface area contributed by atoms with Crippen molar-refractivity contribution in [3.8, 4) is 0 Å². The highest BCUT2D eigenvalue weighted by Crippen LogP contribution is 2.30. The smallest absolute Gasteiger partial charge is 0.264 e. The van der Waals surface area contributed by atoms with Gasteiger partial charge in [-0.3, -0.25) is 9.10 Å². The second-order valence-electron chi connectivity index (χ2n) is 6.58. The molecule has 5 nitrogen and oxygen atoms in total. The first-order chi connectivity index (χ1) is 14.8. The van der Waals surface area contributed by atoms with Crippen molar-refractivity contribution in [2.45, 2.75) is 11.4 Å². The molecule has 0 spiro atoms. The van der Waals surface area contributed by atoms with Gasteiger partial charge in [0.1, 0.15) is 5.82 Å². The first-order valence-electron chi connectivity index (χ1n) is 9.34. The van der Waals surface area contributed by atoms with Gasteiger partial charge in [-0.05, 0) is 36.4 Å². The molecular weight excluding hydrogens is 439 g/mol. The molecule has 0 aliphatic heterocycles. The molecule has 3 aromatic rings. The van der Waals surface area contributed by atoms with Crippen LogP contribution in [-0.2, 0) is 16.6 Å². The lowest BCUT2D eigenvalue weighted by Gasteiger charge is -2.24. The second kappa shape index (κ2) is 9.76. The van der Waals surface area contributed by atoms with Crippen LogP contribution in [0.2, 0.25) is 5.02 Å². The van der Waals surface area contributed by atoms with Crippen LogP contribution in [-0.4, -0.2) is 20.9 Å². The average Bonchev–Trinajstić information content (AvgIpc) is 2.77. The first-order valence-corrected chi connectivity index (χ1v) is 11.2. The maximum Gasteiger partial charge on any atom is 0.264 e. The molecule has 31 heavy (non-hydrogen) atoms. The SMILES string of the molecule is C=CCN(c1ccccc1Cl)S(=O)(=O)c1cccc(C(=O)NCc2ccccc2F)c1. The number of anilines is 1. The molecule has 0 fully saturated rings. The van der Waals surface area contributed by atoms with E-state index in [-0.39, 0.29) is 28.6 Å². The predicted molar refractivity (Wildman–Crippen MR) is 120 cm³/mol. The highest BCUT2D eigenvalue weighted by molar-refractivity contribution is 7.92. The van der Waals surface area contributed by atoms with Crippen LogP contribution in [0.3, 0.4) is 0 Å². The summed E-state index contributed by atoms with van der Waals surface area (Å²) in [5.41, 5.74) is 0.768. The maximum absolute atomic E-state index is 13.8. The Morgan fingerprint density at radius 2 is 1.77 bits per heavy atom. The van der Waals surface area contributed by atoms with Crippen molar-refractivity contribution < 1.29 is 17.6 Å². The number of nitrogens with one attached hydrogen (secondary N) is 1. The number of amides is 1. The lowest BCUT2D eigenvalue weighted by atomic mass is 10.2. The summed E-state index contributed by atoms with van der Waals surface area (Å²) >= 11 is 6.21. The van der Waals surface area contributed by atoms with Crippen molar-refractivity contribution >= 4 is 33.2 Å². The van der Waals surface area contributed by atoms with Crippen molar-refractivity contribution in [2.24, 2.45) is 0 Å². The van der Waals surface area contributed by atoms with Crippen LogP contribution in [0, 0.1) is 5.82 Å². The van der Waals surface area contributed by atoms with E-state index in [1.54, 1.807) is 42.5 Å². The fourth-order valence-corrected chi connectivity index (χ4v) is 4.73. The molecule has 160 valence electrons. The summed E-state index contributed by atoms with van der Waals surface area (Å²) in [5, 5.41) is 2.88. The van der Waals surface area contributed by atoms with E-state index in [0.717, 1.165) is 4.31 Å². The van der Waals surface area contributed by atoms with Crippen molar-refractivity contribution in [2.75, 3.05) is 10.8 Å². The minimum Gasteiger partial charge on any atom is -0.348 e. The number of benzene rings is 3. The molecule has 0 saturated carbocycles. The third kappa shape index (κ3) is 5.13. The van der Waals surface area contributed by atoms with Gasteiger partial charge in [0.2, 0.25) is 0 Å². The second-order valence-corrected chi connectivity index (χ2v) is 8.85. The third-order valence-electron chi connectivity index (χ3n) is 4.50. The topological polar surface area (TPSA) is 66.5 Å². The third-order valence-corrected chi connectivity index (χ3v) is 6.59. The Balaban J connectivity index is 1.88. The number of hydrogen-bond acceptors (Lipinski definition) is 3. The van der Waals surface area contributed by atoms with E-state index in [0.29, 0.717) is 11.3 Å². The van der Waals surface area contributed by atoms with Gasteiger partial charge in [-0.15, -0.1) is 6.58 Å². The summed E-state index contributed by atoms with van der Waals surface area (Å²) in [6, 6.07) is 18.3. The molecule has 0 atom stereocenters. The van der Waals surface area contributed by atoms with Crippen molar-refractivity contribution in [1.82, 2.24) is 5.32 Å². The standard InChI is InChI=1S/C23H20ClFN2O3S/c1-2-14-27(22-13-6-4-11-20(22)24)31(29,30)19-10-7-9-17(15-19)23(28)26-16-18-8-3-5-12-21(18)25/h2-13,15H,1,14,16H2,(H,26,28). The van der Waals surface area contributed by atoms with Gasteiger partial charge in [0.25, 0.3) is 15.9 Å². The predicted octanol–water partition coefficient (Wildman–Crippen LogP) is 4.79. The Morgan fingerprint density at radius 1 is 1.06 bits per heavy atom. The fourth-order valence-electron chi connectivity index (χ4n) is 2.94. The summed E-state index contributed by atoms with van der Waals surface area (Å²) in [7, 11) is -4.03. The summed E-state index contributed by atoms with van der Waals surface area (Å²) in [6.07, 6.45) is 1.45. The van der Waals surface area contributed by atoms with Gasteiger partial charge in [-0.2, -0.15) is 0 Å². The maximum atomic E-state index is 13.8. The van der Waals surface area contributed by atoms with Crippen molar-refractivity contribution in [3.63, 3.8) is 0 Å². The summed E-state index contributed by atoms with van der Waals surface area (Å²) in [5.74, 6) is -0.952. The van der Waals surface area contributed by atoms with Gasteiger partial charge in [0.15, 0.2) is 0 Å². The molecule has 8 heteroatoms. The highest BCUT2D eigenvalue weighted by Gasteiger charge is 2.26. The van der Waals surface area contributed by atoms with Gasteiger partial charge >= 0.3 is 0 Å². The number of rotatable bonds is 8. The molecule has 0 heterocycles. The Morgan fingerprint density at radius 3 is 2.48 bits per heavy atom. The lowest BCUT2D eigenvalue weighted by Crippen LogP contribution is -2.31. The summed E-state index contributed by atoms with van der Waals surface area (Å²) in [6.45, 7) is 3.60. The molecule has 1 amide bonds. The summed E-state index contributed by atoms with van der Waals surface area (Å²) < 4.78 is 41.5. The highest BCUT2D eigenvalue weighted by atomic mass is 35.5. The minimum atomic E-state index is -4.03. The van der Waals surface area contributed by atoms with Crippen molar-refractivity contribution in [1.29, 1.82) is 0 Å². The lowest BCUT2D eigenvalue weighted by molar-refractivity contribution is 0.0950. The Kier molecular flexibility index (Phi) is 7.09. The first kappa shape index (κ1) is 22.5. The van der Waals surface area contributed by atoms with E-state index in [1.807, 2.05) is 0 Å². The normalized spacial score (nSPS) is 11.0. The van der Waals surface area contributed by atoms with Gasteiger partial charge in [-0.25, -0.2) is 12.8 Å². The Hall–Kier alpha value is -3.16. The molecule has 0 aromatic heterocycles. The number of nitrogens with zero attached hydrogens (tertiary/aromatic N) is 1. The quantitative estimate of drug-likeness (QED) is 0.493. The molecular formula is C23H20ClFN2O3S. The van der Waals surface area contributed by atoms with Crippen LogP contribution in [0.5, 0.6) is 0 Å². The molecule has 0 saturated heterocycles. The molecule has 0 aliphatic carbocycles. The van der Waals surface area contributed by atoms with Gasteiger partial charge < -0.3 is 5.32 Å². The number of hydrogen-bond donors (Lipinski definition) is 1. The van der Waals surface area contributed by atoms with Crippen molar-refractivity contribution in [3.05, 3.63) is 107 Å². The number of halogens is 2. The van der Waals surface area contributed by atoms with Crippen LogP contribution in [0.4, 0.5) is 10.1 Å². The molecule has 0 unspecified atom stereocenters. The monoisotopic (exact) mass is 458 g/mol. The van der Waals surface area contributed by atoms with E-state index in [4.69, 9.17) is 11.6 Å². The molecule has 3 aromatic carbocycles. The van der Waals surface area contributed by atoms with Gasteiger partial charge in [0.05, 0.1) is 22.2 Å². The molecule has 1 N–H and O–H groups in total. The number of carbonyl (C=O) groups excluding carboxylic acids is 1. The molecule has 0 aliphatic rings. The zero-order valence-corrected chi connectivity index (χ0v) is 18.0. The zero-order chi connectivity index (χ0) is 22.4.